The number of ether oxygens (including phenoxy) is 4. The smallest absolute Gasteiger partial charge is 0.303 e. The molecular formula is C14H19NO7S2. The zero-order chi connectivity index (χ0) is 17.9. The summed E-state index contributed by atoms with van der Waals surface area (Å²) in [6.45, 7) is 3.85. The molecule has 0 unspecified atom stereocenters. The van der Waals surface area contributed by atoms with Crippen molar-refractivity contribution in [3.05, 3.63) is 0 Å². The van der Waals surface area contributed by atoms with Crippen molar-refractivity contribution >= 4 is 46.7 Å². The normalized spacial score (nSPS) is 31.3. The van der Waals surface area contributed by atoms with Gasteiger partial charge in [0.15, 0.2) is 17.6 Å². The summed E-state index contributed by atoms with van der Waals surface area (Å²) >= 11 is 2.68. The number of nitrogens with zero attached hydrogens (tertiary/aromatic N) is 1. The first kappa shape index (κ1) is 18.9. The fourth-order valence-corrected chi connectivity index (χ4v) is 4.34. The molecule has 0 N–H and O–H groups in total. The Balaban J connectivity index is 2.27. The van der Waals surface area contributed by atoms with Gasteiger partial charge < -0.3 is 18.9 Å². The molecule has 0 saturated carbocycles. The van der Waals surface area contributed by atoms with E-state index in [2.05, 4.69) is 4.99 Å². The number of fused-ring (bicyclic) bond motifs is 1. The third kappa shape index (κ3) is 4.56. The van der Waals surface area contributed by atoms with Gasteiger partial charge in [0.2, 0.25) is 5.23 Å². The van der Waals surface area contributed by atoms with Crippen LogP contribution in [0.2, 0.25) is 0 Å². The van der Waals surface area contributed by atoms with Crippen molar-refractivity contribution in [1.29, 1.82) is 0 Å². The SMILES string of the molecule is CSC1=N[C@@H]2[C@@H](OC(C)=O)[C@H](OC(C)=O)[C@@H](COC(C)=O)S[C@@H]2O1. The summed E-state index contributed by atoms with van der Waals surface area (Å²) in [5, 5.41) is 0.0455. The first-order valence-corrected chi connectivity index (χ1v) is 9.40. The van der Waals surface area contributed by atoms with Crippen molar-refractivity contribution in [2.45, 2.75) is 49.7 Å². The molecule has 0 aromatic heterocycles. The maximum Gasteiger partial charge on any atom is 0.303 e. The molecule has 2 aliphatic heterocycles. The minimum atomic E-state index is -0.803. The Morgan fingerprint density at radius 2 is 1.75 bits per heavy atom. The topological polar surface area (TPSA) is 100 Å². The number of thioether (sulfide) groups is 2. The highest BCUT2D eigenvalue weighted by Crippen LogP contribution is 2.42. The van der Waals surface area contributed by atoms with E-state index in [0.717, 1.165) is 0 Å². The van der Waals surface area contributed by atoms with Crippen LogP contribution in [0, 0.1) is 0 Å². The van der Waals surface area contributed by atoms with Gasteiger partial charge in [0.1, 0.15) is 12.6 Å². The van der Waals surface area contributed by atoms with Crippen LogP contribution in [0.1, 0.15) is 20.8 Å². The molecule has 2 heterocycles. The standard InChI is InChI=1S/C14H19NO7S2/c1-6(16)19-5-9-11(20-7(2)17)12(21-8(3)18)10-13(24-9)22-14(15-10)23-4/h9-13H,5H2,1-4H3/t9-,10-,11-,12-,13+/m1/s1. The van der Waals surface area contributed by atoms with Gasteiger partial charge in [-0.3, -0.25) is 14.4 Å². The minimum absolute atomic E-state index is 0.0108. The van der Waals surface area contributed by atoms with Gasteiger partial charge >= 0.3 is 17.9 Å². The molecule has 2 rings (SSSR count). The predicted molar refractivity (Wildman–Crippen MR) is 88.7 cm³/mol. The Hall–Kier alpha value is -1.42. The molecule has 0 radical (unpaired) electrons. The number of carbonyl (C=O) groups is 3. The number of esters is 3. The maximum atomic E-state index is 11.5. The number of hydrogen-bond acceptors (Lipinski definition) is 10. The van der Waals surface area contributed by atoms with Gasteiger partial charge in [-0.2, -0.15) is 0 Å². The van der Waals surface area contributed by atoms with Crippen LogP contribution < -0.4 is 0 Å². The number of hydrogen-bond donors (Lipinski definition) is 0. The molecule has 1 saturated heterocycles. The fourth-order valence-electron chi connectivity index (χ4n) is 2.47. The van der Waals surface area contributed by atoms with Gasteiger partial charge in [-0.15, -0.1) is 11.8 Å². The van der Waals surface area contributed by atoms with Gasteiger partial charge in [0.05, 0.1) is 5.25 Å². The van der Waals surface area contributed by atoms with E-state index in [4.69, 9.17) is 18.9 Å². The molecular weight excluding hydrogens is 358 g/mol. The average Bonchev–Trinajstić information content (AvgIpc) is 2.89. The third-order valence-electron chi connectivity index (χ3n) is 3.32. The van der Waals surface area contributed by atoms with Crippen LogP contribution in [0.3, 0.4) is 0 Å². The summed E-state index contributed by atoms with van der Waals surface area (Å²) in [5.41, 5.74) is -0.399. The largest absolute Gasteiger partial charge is 0.465 e. The van der Waals surface area contributed by atoms with E-state index in [1.807, 2.05) is 6.26 Å². The van der Waals surface area contributed by atoms with Gasteiger partial charge in [-0.25, -0.2) is 4.99 Å². The van der Waals surface area contributed by atoms with Crippen LogP contribution in [0.25, 0.3) is 0 Å². The average molecular weight is 377 g/mol. The van der Waals surface area contributed by atoms with Crippen LogP contribution in [0.4, 0.5) is 0 Å². The molecule has 10 heteroatoms. The van der Waals surface area contributed by atoms with Crippen LogP contribution >= 0.6 is 23.5 Å². The highest BCUT2D eigenvalue weighted by molar-refractivity contribution is 8.13. The Morgan fingerprint density at radius 1 is 1.12 bits per heavy atom. The van der Waals surface area contributed by atoms with E-state index >= 15 is 0 Å². The van der Waals surface area contributed by atoms with Crippen molar-refractivity contribution in [2.75, 3.05) is 12.9 Å². The van der Waals surface area contributed by atoms with Gasteiger partial charge in [-0.05, 0) is 6.26 Å². The van der Waals surface area contributed by atoms with Crippen molar-refractivity contribution in [1.82, 2.24) is 0 Å². The molecule has 0 aromatic carbocycles. The molecule has 5 atom stereocenters. The summed E-state index contributed by atoms with van der Waals surface area (Å²) in [6.07, 6.45) is 0.232. The first-order valence-electron chi connectivity index (χ1n) is 7.23. The lowest BCUT2D eigenvalue weighted by molar-refractivity contribution is -0.170. The van der Waals surface area contributed by atoms with Crippen LogP contribution in [-0.2, 0) is 33.3 Å². The summed E-state index contributed by atoms with van der Waals surface area (Å²) in [5.74, 6) is -1.48. The van der Waals surface area contributed by atoms with Crippen molar-refractivity contribution in [3.8, 4) is 0 Å². The Bertz CT molecular complexity index is 553. The van der Waals surface area contributed by atoms with Crippen molar-refractivity contribution in [3.63, 3.8) is 0 Å². The molecule has 24 heavy (non-hydrogen) atoms. The minimum Gasteiger partial charge on any atom is -0.465 e. The van der Waals surface area contributed by atoms with Gasteiger partial charge in [0.25, 0.3) is 0 Å². The lowest BCUT2D eigenvalue weighted by Crippen LogP contribution is -2.56. The molecule has 134 valence electrons. The quantitative estimate of drug-likeness (QED) is 0.524. The zero-order valence-corrected chi connectivity index (χ0v) is 15.3. The Kier molecular flexibility index (Phi) is 6.39. The zero-order valence-electron chi connectivity index (χ0n) is 13.7. The van der Waals surface area contributed by atoms with Crippen LogP contribution in [0.15, 0.2) is 4.99 Å². The summed E-state index contributed by atoms with van der Waals surface area (Å²) in [6, 6.07) is -0.487. The number of aliphatic imine (C=N–C) groups is 1. The predicted octanol–water partition coefficient (Wildman–Crippen LogP) is 0.972. The second-order valence-corrected chi connectivity index (χ2v) is 7.30. The molecule has 2 aliphatic rings. The molecule has 8 nitrogen and oxygen atoms in total. The monoisotopic (exact) mass is 377 g/mol. The lowest BCUT2D eigenvalue weighted by Gasteiger charge is -2.40. The van der Waals surface area contributed by atoms with Crippen LogP contribution in [-0.4, -0.2) is 64.9 Å². The third-order valence-corrected chi connectivity index (χ3v) is 5.26. The van der Waals surface area contributed by atoms with E-state index in [0.29, 0.717) is 5.23 Å². The maximum absolute atomic E-state index is 11.5. The molecule has 0 bridgehead atoms. The molecule has 0 aliphatic carbocycles. The van der Waals surface area contributed by atoms with E-state index < -0.39 is 46.8 Å². The van der Waals surface area contributed by atoms with Crippen LogP contribution in [0.5, 0.6) is 0 Å². The molecule has 0 spiro atoms. The second kappa shape index (κ2) is 8.11. The number of carbonyl (C=O) groups excluding carboxylic acids is 3. The van der Waals surface area contributed by atoms with Crippen molar-refractivity contribution < 1.29 is 33.3 Å². The lowest BCUT2D eigenvalue weighted by atomic mass is 10.0. The van der Waals surface area contributed by atoms with Crippen molar-refractivity contribution in [2.24, 2.45) is 4.99 Å². The van der Waals surface area contributed by atoms with Gasteiger partial charge in [0, 0.05) is 20.8 Å². The summed E-state index contributed by atoms with van der Waals surface area (Å²) in [7, 11) is 0. The molecule has 1 fully saturated rings. The summed E-state index contributed by atoms with van der Waals surface area (Å²) in [4.78, 5) is 38.5. The fraction of sp³-hybridized carbons (Fsp3) is 0.714. The van der Waals surface area contributed by atoms with E-state index in [1.165, 1.54) is 44.3 Å². The first-order chi connectivity index (χ1) is 11.3. The van der Waals surface area contributed by atoms with E-state index in [9.17, 15) is 14.4 Å². The summed E-state index contributed by atoms with van der Waals surface area (Å²) < 4.78 is 21.5. The molecule has 0 amide bonds. The Morgan fingerprint density at radius 3 is 2.29 bits per heavy atom. The second-order valence-electron chi connectivity index (χ2n) is 5.20. The Labute approximate surface area is 148 Å². The highest BCUT2D eigenvalue weighted by Gasteiger charge is 2.53. The number of rotatable bonds is 4. The molecule has 0 aromatic rings. The van der Waals surface area contributed by atoms with E-state index in [1.54, 1.807) is 0 Å². The highest BCUT2D eigenvalue weighted by atomic mass is 32.2. The van der Waals surface area contributed by atoms with Gasteiger partial charge in [-0.1, -0.05) is 11.8 Å². The van der Waals surface area contributed by atoms with E-state index in [-0.39, 0.29) is 6.61 Å².